The van der Waals surface area contributed by atoms with E-state index in [2.05, 4.69) is 10.6 Å². The summed E-state index contributed by atoms with van der Waals surface area (Å²) in [4.78, 5) is 12.8. The number of rotatable bonds is 3. The standard InChI is InChI=1S/C21H23F3N2O/c1-13-5-8-15(9-6-13)19-17(4-3-11-25-19)20(27)26-16-10-7-14(2)18(12-16)21(22,23)24/h5-10,12,17,19,25H,3-4,11H2,1-2H3,(H,26,27)/t17-,19-/m0/s1. The van der Waals surface area contributed by atoms with Gasteiger partial charge in [0.1, 0.15) is 0 Å². The van der Waals surface area contributed by atoms with Crippen LogP contribution >= 0.6 is 0 Å². The first-order chi connectivity index (χ1) is 12.8. The molecule has 0 saturated carbocycles. The van der Waals surface area contributed by atoms with Crippen LogP contribution in [-0.4, -0.2) is 12.5 Å². The lowest BCUT2D eigenvalue weighted by Crippen LogP contribution is -2.40. The SMILES string of the molecule is Cc1ccc([C@@H]2NCCC[C@@H]2C(=O)Nc2ccc(C)c(C(F)(F)F)c2)cc1. The van der Waals surface area contributed by atoms with E-state index in [9.17, 15) is 18.0 Å². The van der Waals surface area contributed by atoms with E-state index >= 15 is 0 Å². The second kappa shape index (κ2) is 7.72. The lowest BCUT2D eigenvalue weighted by molar-refractivity contribution is -0.138. The first-order valence-corrected chi connectivity index (χ1v) is 9.04. The Balaban J connectivity index is 1.80. The molecular formula is C21H23F3N2O. The average molecular weight is 376 g/mol. The van der Waals surface area contributed by atoms with E-state index in [4.69, 9.17) is 0 Å². The molecule has 1 aliphatic heterocycles. The minimum atomic E-state index is -4.44. The van der Waals surface area contributed by atoms with Crippen molar-refractivity contribution >= 4 is 11.6 Å². The van der Waals surface area contributed by atoms with Gasteiger partial charge in [-0.05, 0) is 56.5 Å². The fourth-order valence-electron chi connectivity index (χ4n) is 3.53. The van der Waals surface area contributed by atoms with Gasteiger partial charge in [0.15, 0.2) is 0 Å². The van der Waals surface area contributed by atoms with Crippen molar-refractivity contribution in [3.05, 3.63) is 64.7 Å². The highest BCUT2D eigenvalue weighted by Gasteiger charge is 2.34. The Morgan fingerprint density at radius 3 is 2.48 bits per heavy atom. The number of aryl methyl sites for hydroxylation is 2. The van der Waals surface area contributed by atoms with E-state index in [0.717, 1.165) is 30.2 Å². The highest BCUT2D eigenvalue weighted by Crippen LogP contribution is 2.34. The van der Waals surface area contributed by atoms with Crippen molar-refractivity contribution in [3.8, 4) is 0 Å². The molecule has 1 fully saturated rings. The van der Waals surface area contributed by atoms with Crippen LogP contribution in [0.3, 0.4) is 0 Å². The quantitative estimate of drug-likeness (QED) is 0.791. The Hall–Kier alpha value is -2.34. The summed E-state index contributed by atoms with van der Waals surface area (Å²) in [5.74, 6) is -0.596. The third-order valence-corrected chi connectivity index (χ3v) is 5.04. The van der Waals surface area contributed by atoms with Gasteiger partial charge in [0, 0.05) is 11.7 Å². The third kappa shape index (κ3) is 4.50. The molecule has 0 aliphatic carbocycles. The number of anilines is 1. The summed E-state index contributed by atoms with van der Waals surface area (Å²) in [6.07, 6.45) is -2.90. The van der Waals surface area contributed by atoms with E-state index in [-0.39, 0.29) is 29.1 Å². The van der Waals surface area contributed by atoms with Crippen molar-refractivity contribution in [1.82, 2.24) is 5.32 Å². The summed E-state index contributed by atoms with van der Waals surface area (Å²) in [7, 11) is 0. The van der Waals surface area contributed by atoms with Crippen LogP contribution in [-0.2, 0) is 11.0 Å². The zero-order valence-corrected chi connectivity index (χ0v) is 15.4. The molecule has 0 spiro atoms. The van der Waals surface area contributed by atoms with Gasteiger partial charge in [-0.2, -0.15) is 13.2 Å². The van der Waals surface area contributed by atoms with Crippen LogP contribution in [0.2, 0.25) is 0 Å². The largest absolute Gasteiger partial charge is 0.416 e. The van der Waals surface area contributed by atoms with Crippen molar-refractivity contribution in [3.63, 3.8) is 0 Å². The Morgan fingerprint density at radius 1 is 1.11 bits per heavy atom. The van der Waals surface area contributed by atoms with E-state index in [1.165, 1.54) is 19.1 Å². The molecule has 2 aromatic carbocycles. The lowest BCUT2D eigenvalue weighted by atomic mass is 9.85. The molecule has 2 N–H and O–H groups in total. The van der Waals surface area contributed by atoms with Crippen LogP contribution in [0.5, 0.6) is 0 Å². The summed E-state index contributed by atoms with van der Waals surface area (Å²) in [6.45, 7) is 4.22. The summed E-state index contributed by atoms with van der Waals surface area (Å²) in [5.41, 5.74) is 1.73. The van der Waals surface area contributed by atoms with Gasteiger partial charge >= 0.3 is 6.18 Å². The minimum Gasteiger partial charge on any atom is -0.326 e. The van der Waals surface area contributed by atoms with Crippen LogP contribution in [0.15, 0.2) is 42.5 Å². The minimum absolute atomic E-state index is 0.136. The number of halogens is 3. The van der Waals surface area contributed by atoms with Crippen molar-refractivity contribution < 1.29 is 18.0 Å². The number of amides is 1. The average Bonchev–Trinajstić information content (AvgIpc) is 2.63. The topological polar surface area (TPSA) is 41.1 Å². The van der Waals surface area contributed by atoms with E-state index in [1.54, 1.807) is 0 Å². The Kier molecular flexibility index (Phi) is 5.56. The number of hydrogen-bond donors (Lipinski definition) is 2. The molecule has 0 aromatic heterocycles. The number of piperidine rings is 1. The number of carbonyl (C=O) groups is 1. The molecule has 144 valence electrons. The fraction of sp³-hybridized carbons (Fsp3) is 0.381. The molecule has 2 aromatic rings. The maximum Gasteiger partial charge on any atom is 0.416 e. The molecule has 27 heavy (non-hydrogen) atoms. The Bertz CT molecular complexity index is 815. The van der Waals surface area contributed by atoms with Gasteiger partial charge in [-0.3, -0.25) is 4.79 Å². The van der Waals surface area contributed by atoms with E-state index < -0.39 is 11.7 Å². The molecule has 6 heteroatoms. The monoisotopic (exact) mass is 376 g/mol. The molecule has 1 amide bonds. The van der Waals surface area contributed by atoms with Crippen LogP contribution in [0.25, 0.3) is 0 Å². The van der Waals surface area contributed by atoms with Crippen molar-refractivity contribution in [1.29, 1.82) is 0 Å². The highest BCUT2D eigenvalue weighted by molar-refractivity contribution is 5.93. The number of nitrogens with one attached hydrogen (secondary N) is 2. The van der Waals surface area contributed by atoms with Gasteiger partial charge in [-0.1, -0.05) is 35.9 Å². The molecule has 1 aliphatic rings. The molecule has 0 bridgehead atoms. The molecule has 0 radical (unpaired) electrons. The van der Waals surface area contributed by atoms with E-state index in [1.807, 2.05) is 31.2 Å². The molecule has 1 saturated heterocycles. The Morgan fingerprint density at radius 2 is 1.81 bits per heavy atom. The fourth-order valence-corrected chi connectivity index (χ4v) is 3.53. The number of alkyl halides is 3. The van der Waals surface area contributed by atoms with Crippen LogP contribution in [0.1, 0.15) is 41.1 Å². The second-order valence-electron chi connectivity index (χ2n) is 7.11. The zero-order chi connectivity index (χ0) is 19.6. The number of carbonyl (C=O) groups excluding carboxylic acids is 1. The van der Waals surface area contributed by atoms with E-state index in [0.29, 0.717) is 6.42 Å². The number of benzene rings is 2. The first kappa shape index (κ1) is 19.4. The molecule has 2 atom stereocenters. The van der Waals surface area contributed by atoms with Crippen LogP contribution in [0.4, 0.5) is 18.9 Å². The Labute approximate surface area is 157 Å². The maximum atomic E-state index is 13.1. The first-order valence-electron chi connectivity index (χ1n) is 9.04. The van der Waals surface area contributed by atoms with Crippen molar-refractivity contribution in [2.75, 3.05) is 11.9 Å². The molecular weight excluding hydrogens is 353 g/mol. The predicted octanol–water partition coefficient (Wildman–Crippen LogP) is 5.00. The van der Waals surface area contributed by atoms with Gasteiger partial charge < -0.3 is 10.6 Å². The third-order valence-electron chi connectivity index (χ3n) is 5.04. The van der Waals surface area contributed by atoms with Crippen LogP contribution < -0.4 is 10.6 Å². The summed E-state index contributed by atoms with van der Waals surface area (Å²) >= 11 is 0. The van der Waals surface area contributed by atoms with Gasteiger partial charge in [-0.15, -0.1) is 0 Å². The highest BCUT2D eigenvalue weighted by atomic mass is 19.4. The smallest absolute Gasteiger partial charge is 0.326 e. The summed E-state index contributed by atoms with van der Waals surface area (Å²) < 4.78 is 39.3. The van der Waals surface area contributed by atoms with Gasteiger partial charge in [0.25, 0.3) is 0 Å². The van der Waals surface area contributed by atoms with Crippen molar-refractivity contribution in [2.45, 2.75) is 38.9 Å². The van der Waals surface area contributed by atoms with Crippen LogP contribution in [0, 0.1) is 19.8 Å². The molecule has 1 heterocycles. The predicted molar refractivity (Wildman–Crippen MR) is 99.5 cm³/mol. The van der Waals surface area contributed by atoms with Gasteiger partial charge in [0.05, 0.1) is 11.5 Å². The normalized spacial score (nSPS) is 20.3. The van der Waals surface area contributed by atoms with Gasteiger partial charge in [0.2, 0.25) is 5.91 Å². The maximum absolute atomic E-state index is 13.1. The lowest BCUT2D eigenvalue weighted by Gasteiger charge is -2.32. The van der Waals surface area contributed by atoms with Crippen molar-refractivity contribution in [2.24, 2.45) is 5.92 Å². The molecule has 3 rings (SSSR count). The molecule has 0 unspecified atom stereocenters. The number of hydrogen-bond acceptors (Lipinski definition) is 2. The van der Waals surface area contributed by atoms with Gasteiger partial charge in [-0.25, -0.2) is 0 Å². The summed E-state index contributed by atoms with van der Waals surface area (Å²) in [5, 5.41) is 6.06. The summed E-state index contributed by atoms with van der Waals surface area (Å²) in [6, 6.07) is 11.7. The molecule has 3 nitrogen and oxygen atoms in total. The zero-order valence-electron chi connectivity index (χ0n) is 15.4. The second-order valence-corrected chi connectivity index (χ2v) is 7.11.